The summed E-state index contributed by atoms with van der Waals surface area (Å²) in [5.41, 5.74) is 2.08. The molecule has 1 N–H and O–H groups in total. The van der Waals surface area contributed by atoms with Gasteiger partial charge >= 0.3 is 6.09 Å². The van der Waals surface area contributed by atoms with Crippen LogP contribution in [-0.2, 0) is 6.54 Å². The molecule has 6 heteroatoms. The summed E-state index contributed by atoms with van der Waals surface area (Å²) in [5, 5.41) is 15.3. The fourth-order valence-electron chi connectivity index (χ4n) is 4.02. The van der Waals surface area contributed by atoms with Crippen LogP contribution in [-0.4, -0.2) is 38.5 Å². The predicted molar refractivity (Wildman–Crippen MR) is 98.3 cm³/mol. The van der Waals surface area contributed by atoms with E-state index < -0.39 is 6.09 Å². The Kier molecular flexibility index (Phi) is 4.36. The van der Waals surface area contributed by atoms with Gasteiger partial charge in [-0.25, -0.2) is 4.79 Å². The van der Waals surface area contributed by atoms with Crippen molar-refractivity contribution in [2.45, 2.75) is 46.7 Å². The molecule has 130 valence electrons. The Balaban J connectivity index is 1.90. The van der Waals surface area contributed by atoms with Gasteiger partial charge in [-0.3, -0.25) is 4.68 Å². The Morgan fingerprint density at radius 1 is 1.42 bits per heavy atom. The van der Waals surface area contributed by atoms with Crippen molar-refractivity contribution in [3.8, 4) is 0 Å². The minimum absolute atomic E-state index is 0.00939. The number of carboxylic acid groups (broad SMARTS) is 1. The largest absolute Gasteiger partial charge is 0.465 e. The van der Waals surface area contributed by atoms with Gasteiger partial charge in [0.1, 0.15) is 0 Å². The maximum absolute atomic E-state index is 11.6. The van der Waals surface area contributed by atoms with E-state index in [1.165, 1.54) is 5.56 Å². The third-order valence-electron chi connectivity index (χ3n) is 5.02. The molecule has 1 unspecified atom stereocenters. The fourth-order valence-corrected chi connectivity index (χ4v) is 4.37. The summed E-state index contributed by atoms with van der Waals surface area (Å²) in [6.07, 6.45) is 2.15. The zero-order valence-corrected chi connectivity index (χ0v) is 16.2. The normalized spacial score (nSPS) is 21.6. The number of fused-ring (bicyclic) bond motifs is 1. The SMILES string of the molecule is Cc1c(Br)ccc2nn(CC3CCN(C(=O)O)[C@H]3C(C)(C)C)cc12. The van der Waals surface area contributed by atoms with Gasteiger partial charge in [0.25, 0.3) is 0 Å². The fraction of sp³-hybridized carbons (Fsp3) is 0.556. The molecule has 1 aromatic heterocycles. The van der Waals surface area contributed by atoms with Gasteiger partial charge in [-0.2, -0.15) is 5.10 Å². The van der Waals surface area contributed by atoms with Gasteiger partial charge in [-0.05, 0) is 36.5 Å². The number of hydrogen-bond donors (Lipinski definition) is 1. The number of carbonyl (C=O) groups is 1. The van der Waals surface area contributed by atoms with Crippen LogP contribution >= 0.6 is 15.9 Å². The van der Waals surface area contributed by atoms with Crippen molar-refractivity contribution >= 4 is 32.9 Å². The molecule has 1 aliphatic rings. The molecular formula is C18H24BrN3O2. The van der Waals surface area contributed by atoms with Crippen molar-refractivity contribution in [2.24, 2.45) is 11.3 Å². The van der Waals surface area contributed by atoms with Crippen molar-refractivity contribution in [2.75, 3.05) is 6.54 Å². The molecule has 0 aliphatic carbocycles. The molecule has 1 aromatic carbocycles. The van der Waals surface area contributed by atoms with Crippen molar-refractivity contribution in [1.82, 2.24) is 14.7 Å². The number of nitrogens with zero attached hydrogens (tertiary/aromatic N) is 3. The summed E-state index contributed by atoms with van der Waals surface area (Å²) < 4.78 is 3.07. The average Bonchev–Trinajstić information content (AvgIpc) is 3.07. The Hall–Kier alpha value is -1.56. The van der Waals surface area contributed by atoms with Crippen molar-refractivity contribution in [3.05, 3.63) is 28.4 Å². The number of benzene rings is 1. The van der Waals surface area contributed by atoms with Crippen LogP contribution in [0.2, 0.25) is 0 Å². The molecule has 0 bridgehead atoms. The second-order valence-electron chi connectivity index (χ2n) is 7.79. The van der Waals surface area contributed by atoms with Crippen molar-refractivity contribution < 1.29 is 9.90 Å². The van der Waals surface area contributed by atoms with Crippen molar-refractivity contribution in [1.29, 1.82) is 0 Å². The maximum atomic E-state index is 11.6. The van der Waals surface area contributed by atoms with E-state index in [0.717, 1.165) is 28.3 Å². The van der Waals surface area contributed by atoms with Crippen LogP contribution in [0.25, 0.3) is 10.9 Å². The standard InChI is InChI=1S/C18H24BrN3O2/c1-11-13-10-21(20-15(13)6-5-14(11)19)9-12-7-8-22(17(23)24)16(12)18(2,3)4/h5-6,10,12,16H,7-9H2,1-4H3,(H,23,24)/t12?,16-/m1/s1. The monoisotopic (exact) mass is 393 g/mol. The highest BCUT2D eigenvalue weighted by Gasteiger charge is 2.44. The van der Waals surface area contributed by atoms with Crippen LogP contribution in [0.5, 0.6) is 0 Å². The third-order valence-corrected chi connectivity index (χ3v) is 5.88. The van der Waals surface area contributed by atoms with E-state index in [1.54, 1.807) is 4.90 Å². The molecule has 1 aliphatic heterocycles. The van der Waals surface area contributed by atoms with E-state index in [9.17, 15) is 9.90 Å². The highest BCUT2D eigenvalue weighted by molar-refractivity contribution is 9.10. The number of amides is 1. The van der Waals surface area contributed by atoms with Gasteiger partial charge in [0.15, 0.2) is 0 Å². The van der Waals surface area contributed by atoms with E-state index in [2.05, 4.69) is 49.8 Å². The molecule has 5 nitrogen and oxygen atoms in total. The minimum Gasteiger partial charge on any atom is -0.465 e. The summed E-state index contributed by atoms with van der Waals surface area (Å²) in [6.45, 7) is 9.79. The Labute approximate surface area is 150 Å². The van der Waals surface area contributed by atoms with Crippen LogP contribution in [0, 0.1) is 18.3 Å². The van der Waals surface area contributed by atoms with Crippen LogP contribution in [0.4, 0.5) is 4.79 Å². The van der Waals surface area contributed by atoms with Gasteiger partial charge in [-0.1, -0.05) is 36.7 Å². The molecule has 3 rings (SSSR count). The Morgan fingerprint density at radius 2 is 2.12 bits per heavy atom. The quantitative estimate of drug-likeness (QED) is 0.815. The summed E-state index contributed by atoms with van der Waals surface area (Å²) in [6, 6.07) is 4.05. The molecule has 2 atom stereocenters. The summed E-state index contributed by atoms with van der Waals surface area (Å²) in [4.78, 5) is 13.2. The summed E-state index contributed by atoms with van der Waals surface area (Å²) in [7, 11) is 0. The first kappa shape index (κ1) is 17.3. The Bertz CT molecular complexity index is 778. The summed E-state index contributed by atoms with van der Waals surface area (Å²) >= 11 is 3.56. The third kappa shape index (κ3) is 3.04. The highest BCUT2D eigenvalue weighted by Crippen LogP contribution is 2.38. The van der Waals surface area contributed by atoms with Gasteiger partial charge in [0.05, 0.1) is 5.52 Å². The van der Waals surface area contributed by atoms with Crippen LogP contribution in [0.1, 0.15) is 32.8 Å². The number of aryl methyl sites for hydroxylation is 1. The molecule has 1 fully saturated rings. The average molecular weight is 394 g/mol. The lowest BCUT2D eigenvalue weighted by molar-refractivity contribution is 0.0869. The molecule has 0 radical (unpaired) electrons. The second-order valence-corrected chi connectivity index (χ2v) is 8.65. The van der Waals surface area contributed by atoms with Crippen LogP contribution in [0.15, 0.2) is 22.8 Å². The number of aromatic nitrogens is 2. The number of hydrogen-bond acceptors (Lipinski definition) is 2. The molecule has 2 aromatic rings. The van der Waals surface area contributed by atoms with E-state index >= 15 is 0 Å². The molecule has 24 heavy (non-hydrogen) atoms. The first-order valence-electron chi connectivity index (χ1n) is 8.30. The molecular weight excluding hydrogens is 370 g/mol. The maximum Gasteiger partial charge on any atom is 0.407 e. The van der Waals surface area contributed by atoms with Gasteiger partial charge in [0.2, 0.25) is 0 Å². The lowest BCUT2D eigenvalue weighted by atomic mass is 9.79. The molecule has 2 heterocycles. The van der Waals surface area contributed by atoms with Crippen molar-refractivity contribution in [3.63, 3.8) is 0 Å². The Morgan fingerprint density at radius 3 is 2.75 bits per heavy atom. The van der Waals surface area contributed by atoms with Gasteiger partial charge in [0, 0.05) is 41.1 Å². The van der Waals surface area contributed by atoms with Gasteiger partial charge < -0.3 is 10.0 Å². The molecule has 0 saturated carbocycles. The number of halogens is 1. The molecule has 1 amide bonds. The summed E-state index contributed by atoms with van der Waals surface area (Å²) in [5.74, 6) is 0.277. The molecule has 1 saturated heterocycles. The van der Waals surface area contributed by atoms with Gasteiger partial charge in [-0.15, -0.1) is 0 Å². The zero-order valence-electron chi connectivity index (χ0n) is 14.6. The topological polar surface area (TPSA) is 58.4 Å². The van der Waals surface area contributed by atoms with E-state index in [0.29, 0.717) is 6.54 Å². The van der Waals surface area contributed by atoms with Crippen LogP contribution in [0.3, 0.4) is 0 Å². The second kappa shape index (κ2) is 6.06. The first-order valence-corrected chi connectivity index (χ1v) is 9.09. The zero-order chi connectivity index (χ0) is 17.6. The predicted octanol–water partition coefficient (Wildman–Crippen LogP) is 4.52. The highest BCUT2D eigenvalue weighted by atomic mass is 79.9. The number of rotatable bonds is 2. The molecule has 0 spiro atoms. The lowest BCUT2D eigenvalue weighted by Gasteiger charge is -2.37. The first-order chi connectivity index (χ1) is 11.2. The van der Waals surface area contributed by atoms with E-state index in [1.807, 2.05) is 16.8 Å². The van der Waals surface area contributed by atoms with E-state index in [-0.39, 0.29) is 17.4 Å². The minimum atomic E-state index is -0.817. The number of likely N-dealkylation sites (tertiary alicyclic amines) is 1. The van der Waals surface area contributed by atoms with E-state index in [4.69, 9.17) is 5.10 Å². The smallest absolute Gasteiger partial charge is 0.407 e. The lowest BCUT2D eigenvalue weighted by Crippen LogP contribution is -2.46. The van der Waals surface area contributed by atoms with Crippen LogP contribution < -0.4 is 0 Å².